The Kier molecular flexibility index (Phi) is 4.65. The van der Waals surface area contributed by atoms with E-state index in [9.17, 15) is 12.8 Å². The van der Waals surface area contributed by atoms with E-state index in [1.165, 1.54) is 12.1 Å². The molecule has 0 bridgehead atoms. The third kappa shape index (κ3) is 4.33. The summed E-state index contributed by atoms with van der Waals surface area (Å²) in [5.74, 6) is -0.418. The van der Waals surface area contributed by atoms with E-state index in [2.05, 4.69) is 10.0 Å². The summed E-state index contributed by atoms with van der Waals surface area (Å²) in [6.45, 7) is 1.69. The molecule has 1 aromatic rings. The summed E-state index contributed by atoms with van der Waals surface area (Å²) in [5.41, 5.74) is 0.204. The fourth-order valence-electron chi connectivity index (χ4n) is 2.14. The molecule has 0 radical (unpaired) electrons. The minimum atomic E-state index is -3.45. The summed E-state index contributed by atoms with van der Waals surface area (Å²) in [6, 6.07) is 3.87. The lowest BCUT2D eigenvalue weighted by atomic mass is 10.0. The van der Waals surface area contributed by atoms with Crippen LogP contribution in [0, 0.1) is 11.7 Å². The van der Waals surface area contributed by atoms with Crippen molar-refractivity contribution in [2.24, 2.45) is 5.92 Å². The summed E-state index contributed by atoms with van der Waals surface area (Å²) in [7, 11) is -3.45. The third-order valence-electron chi connectivity index (χ3n) is 3.11. The van der Waals surface area contributed by atoms with E-state index in [1.54, 1.807) is 0 Å². The van der Waals surface area contributed by atoms with Gasteiger partial charge in [0.2, 0.25) is 10.0 Å². The van der Waals surface area contributed by atoms with Crippen LogP contribution in [0.3, 0.4) is 0 Å². The summed E-state index contributed by atoms with van der Waals surface area (Å²) < 4.78 is 39.6. The highest BCUT2D eigenvalue weighted by Gasteiger charge is 2.21. The molecule has 7 heteroatoms. The maximum Gasteiger partial charge on any atom is 0.232 e. The zero-order chi connectivity index (χ0) is 13.9. The predicted octanol–water partition coefficient (Wildman–Crippen LogP) is 2.22. The lowest BCUT2D eigenvalue weighted by molar-refractivity contribution is 0.402. The van der Waals surface area contributed by atoms with Crippen molar-refractivity contribution >= 4 is 27.3 Å². The van der Waals surface area contributed by atoms with Crippen molar-refractivity contribution in [2.75, 3.05) is 23.6 Å². The van der Waals surface area contributed by atoms with Crippen molar-refractivity contribution < 1.29 is 12.8 Å². The number of sulfonamides is 1. The second-order valence-corrected chi connectivity index (χ2v) is 6.88. The Labute approximate surface area is 117 Å². The Bertz CT molecular complexity index is 545. The van der Waals surface area contributed by atoms with Crippen LogP contribution < -0.4 is 10.0 Å². The molecule has 106 valence electrons. The third-order valence-corrected chi connectivity index (χ3v) is 4.87. The number of rotatable bonds is 4. The van der Waals surface area contributed by atoms with Crippen LogP contribution in [0.5, 0.6) is 0 Å². The van der Waals surface area contributed by atoms with E-state index >= 15 is 0 Å². The molecule has 1 heterocycles. The van der Waals surface area contributed by atoms with Crippen LogP contribution in [0.2, 0.25) is 5.02 Å². The number of piperidine rings is 1. The minimum Gasteiger partial charge on any atom is -0.317 e. The lowest BCUT2D eigenvalue weighted by Gasteiger charge is -2.22. The van der Waals surface area contributed by atoms with Gasteiger partial charge in [-0.15, -0.1) is 0 Å². The molecule has 0 spiro atoms. The fraction of sp³-hybridized carbons (Fsp3) is 0.500. The van der Waals surface area contributed by atoms with Crippen molar-refractivity contribution in [3.8, 4) is 0 Å². The summed E-state index contributed by atoms with van der Waals surface area (Å²) >= 11 is 5.55. The Balaban J connectivity index is 2.01. The van der Waals surface area contributed by atoms with Crippen LogP contribution in [-0.2, 0) is 10.0 Å². The van der Waals surface area contributed by atoms with Gasteiger partial charge in [-0.25, -0.2) is 12.8 Å². The van der Waals surface area contributed by atoms with E-state index in [1.807, 2.05) is 0 Å². The van der Waals surface area contributed by atoms with E-state index in [0.717, 1.165) is 32.0 Å². The first-order valence-corrected chi connectivity index (χ1v) is 8.15. The van der Waals surface area contributed by atoms with Gasteiger partial charge in [-0.05, 0) is 50.0 Å². The zero-order valence-corrected chi connectivity index (χ0v) is 11.9. The quantitative estimate of drug-likeness (QED) is 0.897. The highest BCUT2D eigenvalue weighted by atomic mass is 35.5. The van der Waals surface area contributed by atoms with E-state index < -0.39 is 15.8 Å². The first kappa shape index (κ1) is 14.6. The molecule has 1 fully saturated rings. The fourth-order valence-corrected chi connectivity index (χ4v) is 3.78. The smallest absolute Gasteiger partial charge is 0.232 e. The summed E-state index contributed by atoms with van der Waals surface area (Å²) in [6.07, 6.45) is 1.69. The molecule has 0 saturated carbocycles. The highest BCUT2D eigenvalue weighted by molar-refractivity contribution is 7.92. The monoisotopic (exact) mass is 306 g/mol. The number of benzene rings is 1. The number of halogens is 2. The van der Waals surface area contributed by atoms with Crippen molar-refractivity contribution in [2.45, 2.75) is 12.8 Å². The normalized spacial score (nSPS) is 17.4. The van der Waals surface area contributed by atoms with E-state index in [0.29, 0.717) is 0 Å². The second-order valence-electron chi connectivity index (χ2n) is 4.71. The van der Waals surface area contributed by atoms with E-state index in [-0.39, 0.29) is 22.4 Å². The first-order chi connectivity index (χ1) is 8.96. The molecule has 0 amide bonds. The first-order valence-electron chi connectivity index (χ1n) is 6.12. The number of hydrogen-bond donors (Lipinski definition) is 2. The average molecular weight is 307 g/mol. The van der Waals surface area contributed by atoms with Crippen molar-refractivity contribution in [3.05, 3.63) is 29.0 Å². The van der Waals surface area contributed by atoms with Crippen LogP contribution in [-0.4, -0.2) is 27.3 Å². The molecule has 0 aromatic heterocycles. The molecule has 2 N–H and O–H groups in total. The number of nitrogens with one attached hydrogen (secondary N) is 2. The summed E-state index contributed by atoms with van der Waals surface area (Å²) in [5, 5.41) is 3.16. The Hall–Kier alpha value is -0.850. The minimum absolute atomic E-state index is 0.0266. The standard InChI is InChI=1S/C12H16ClFN2O2S/c13-11-2-1-10(7-12(11)14)16-19(17,18)8-9-3-5-15-6-4-9/h1-2,7,9,15-16H,3-6,8H2. The largest absolute Gasteiger partial charge is 0.317 e. The number of anilines is 1. The average Bonchev–Trinajstić information content (AvgIpc) is 2.34. The topological polar surface area (TPSA) is 58.2 Å². The molecule has 0 unspecified atom stereocenters. The van der Waals surface area contributed by atoms with Crippen molar-refractivity contribution in [1.82, 2.24) is 5.32 Å². The van der Waals surface area contributed by atoms with Gasteiger partial charge in [-0.1, -0.05) is 11.6 Å². The molecule has 4 nitrogen and oxygen atoms in total. The van der Waals surface area contributed by atoms with Gasteiger partial charge in [0, 0.05) is 0 Å². The SMILES string of the molecule is O=S(=O)(CC1CCNCC1)Nc1ccc(Cl)c(F)c1. The summed E-state index contributed by atoms with van der Waals surface area (Å²) in [4.78, 5) is 0. The molecular weight excluding hydrogens is 291 g/mol. The van der Waals surface area contributed by atoms with Crippen LogP contribution in [0.1, 0.15) is 12.8 Å². The molecule has 1 aromatic carbocycles. The maximum absolute atomic E-state index is 13.2. The molecule has 1 aliphatic heterocycles. The van der Waals surface area contributed by atoms with Gasteiger partial charge in [-0.2, -0.15) is 0 Å². The van der Waals surface area contributed by atoms with Gasteiger partial charge in [0.05, 0.1) is 16.5 Å². The Morgan fingerprint density at radius 3 is 2.68 bits per heavy atom. The molecule has 1 aliphatic rings. The van der Waals surface area contributed by atoms with Gasteiger partial charge in [0.1, 0.15) is 5.82 Å². The Morgan fingerprint density at radius 2 is 2.05 bits per heavy atom. The highest BCUT2D eigenvalue weighted by Crippen LogP contribution is 2.21. The molecule has 0 atom stereocenters. The number of hydrogen-bond acceptors (Lipinski definition) is 3. The van der Waals surface area contributed by atoms with Crippen LogP contribution in [0.15, 0.2) is 18.2 Å². The van der Waals surface area contributed by atoms with Crippen LogP contribution in [0.4, 0.5) is 10.1 Å². The maximum atomic E-state index is 13.2. The second kappa shape index (κ2) is 6.07. The molecule has 19 heavy (non-hydrogen) atoms. The van der Waals surface area contributed by atoms with Crippen molar-refractivity contribution in [3.63, 3.8) is 0 Å². The molecular formula is C12H16ClFN2O2S. The van der Waals surface area contributed by atoms with Crippen LogP contribution >= 0.6 is 11.6 Å². The van der Waals surface area contributed by atoms with Gasteiger partial charge in [0.15, 0.2) is 0 Å². The predicted molar refractivity (Wildman–Crippen MR) is 74.4 cm³/mol. The van der Waals surface area contributed by atoms with Crippen LogP contribution in [0.25, 0.3) is 0 Å². The van der Waals surface area contributed by atoms with Gasteiger partial charge in [0.25, 0.3) is 0 Å². The van der Waals surface area contributed by atoms with E-state index in [4.69, 9.17) is 11.6 Å². The van der Waals surface area contributed by atoms with Crippen molar-refractivity contribution in [1.29, 1.82) is 0 Å². The lowest BCUT2D eigenvalue weighted by Crippen LogP contribution is -2.33. The zero-order valence-electron chi connectivity index (χ0n) is 10.3. The Morgan fingerprint density at radius 1 is 1.37 bits per heavy atom. The molecule has 2 rings (SSSR count). The van der Waals surface area contributed by atoms with Gasteiger partial charge < -0.3 is 5.32 Å². The van der Waals surface area contributed by atoms with Gasteiger partial charge >= 0.3 is 0 Å². The molecule has 0 aliphatic carbocycles. The molecule has 1 saturated heterocycles. The van der Waals surface area contributed by atoms with Gasteiger partial charge in [-0.3, -0.25) is 4.72 Å².